The molecule has 0 aliphatic carbocycles. The van der Waals surface area contributed by atoms with Crippen molar-refractivity contribution < 1.29 is 9.53 Å². The Morgan fingerprint density at radius 3 is 3.00 bits per heavy atom. The number of piperidine rings is 1. The maximum atomic E-state index is 11.6. The van der Waals surface area contributed by atoms with Crippen molar-refractivity contribution in [1.29, 1.82) is 0 Å². The van der Waals surface area contributed by atoms with Crippen molar-refractivity contribution in [1.82, 2.24) is 10.3 Å². The molecule has 1 atom stereocenters. The molecule has 1 aromatic carbocycles. The SMILES string of the molecule is NC(=O)c1cc(OCC2CCCCN2)nc2ccccc12. The maximum Gasteiger partial charge on any atom is 0.249 e. The molecule has 3 N–H and O–H groups in total. The second kappa shape index (κ2) is 6.10. The molecule has 1 amide bonds. The molecule has 1 fully saturated rings. The Hall–Kier alpha value is -2.14. The van der Waals surface area contributed by atoms with Gasteiger partial charge in [-0.25, -0.2) is 4.98 Å². The summed E-state index contributed by atoms with van der Waals surface area (Å²) in [6.45, 7) is 1.59. The first-order valence-corrected chi connectivity index (χ1v) is 7.30. The lowest BCUT2D eigenvalue weighted by molar-refractivity contribution is 0.100. The van der Waals surface area contributed by atoms with Crippen LogP contribution in [0.1, 0.15) is 29.6 Å². The lowest BCUT2D eigenvalue weighted by atomic mass is 10.1. The summed E-state index contributed by atoms with van der Waals surface area (Å²) >= 11 is 0. The summed E-state index contributed by atoms with van der Waals surface area (Å²) in [6.07, 6.45) is 3.55. The largest absolute Gasteiger partial charge is 0.476 e. The molecule has 0 saturated carbocycles. The highest BCUT2D eigenvalue weighted by Gasteiger charge is 2.15. The first kappa shape index (κ1) is 13.8. The Morgan fingerprint density at radius 2 is 2.24 bits per heavy atom. The van der Waals surface area contributed by atoms with Crippen LogP contribution in [0.5, 0.6) is 5.88 Å². The van der Waals surface area contributed by atoms with Gasteiger partial charge in [-0.05, 0) is 25.5 Å². The Bertz CT molecular complexity index is 651. The maximum absolute atomic E-state index is 11.6. The number of ether oxygens (including phenoxy) is 1. The molecular weight excluding hydrogens is 266 g/mol. The highest BCUT2D eigenvalue weighted by molar-refractivity contribution is 6.05. The number of nitrogens with two attached hydrogens (primary N) is 1. The van der Waals surface area contributed by atoms with E-state index in [-0.39, 0.29) is 0 Å². The van der Waals surface area contributed by atoms with Crippen LogP contribution in [0.25, 0.3) is 10.9 Å². The second-order valence-electron chi connectivity index (χ2n) is 5.35. The molecule has 1 aromatic heterocycles. The number of nitrogens with zero attached hydrogens (tertiary/aromatic N) is 1. The zero-order chi connectivity index (χ0) is 14.7. The third-order valence-electron chi connectivity index (χ3n) is 3.80. The summed E-state index contributed by atoms with van der Waals surface area (Å²) in [4.78, 5) is 16.0. The number of hydrogen-bond acceptors (Lipinski definition) is 4. The van der Waals surface area contributed by atoms with Gasteiger partial charge in [0.1, 0.15) is 6.61 Å². The molecule has 1 saturated heterocycles. The lowest BCUT2D eigenvalue weighted by Crippen LogP contribution is -2.38. The van der Waals surface area contributed by atoms with Gasteiger partial charge >= 0.3 is 0 Å². The molecule has 2 aromatic rings. The number of carbonyl (C=O) groups is 1. The Labute approximate surface area is 123 Å². The molecule has 21 heavy (non-hydrogen) atoms. The number of primary amides is 1. The molecule has 2 heterocycles. The Balaban J connectivity index is 1.83. The number of carbonyl (C=O) groups excluding carboxylic acids is 1. The summed E-state index contributed by atoms with van der Waals surface area (Å²) in [7, 11) is 0. The second-order valence-corrected chi connectivity index (χ2v) is 5.35. The van der Waals surface area contributed by atoms with Crippen molar-refractivity contribution in [3.63, 3.8) is 0 Å². The van der Waals surface area contributed by atoms with E-state index in [9.17, 15) is 4.79 Å². The summed E-state index contributed by atoms with van der Waals surface area (Å²) in [6, 6.07) is 9.43. The van der Waals surface area contributed by atoms with Crippen LogP contribution >= 0.6 is 0 Å². The number of hydrogen-bond donors (Lipinski definition) is 2. The van der Waals surface area contributed by atoms with Crippen LogP contribution in [0.15, 0.2) is 30.3 Å². The van der Waals surface area contributed by atoms with Crippen molar-refractivity contribution in [3.8, 4) is 5.88 Å². The molecular formula is C16H19N3O2. The molecule has 1 aliphatic rings. The van der Waals surface area contributed by atoms with E-state index in [0.717, 1.165) is 23.9 Å². The normalized spacial score (nSPS) is 18.6. The highest BCUT2D eigenvalue weighted by atomic mass is 16.5. The molecule has 5 heteroatoms. The van der Waals surface area contributed by atoms with Crippen molar-refractivity contribution in [2.24, 2.45) is 5.73 Å². The molecule has 0 radical (unpaired) electrons. The fourth-order valence-electron chi connectivity index (χ4n) is 2.68. The predicted molar refractivity (Wildman–Crippen MR) is 81.4 cm³/mol. The van der Waals surface area contributed by atoms with E-state index < -0.39 is 5.91 Å². The van der Waals surface area contributed by atoms with Crippen LogP contribution in [0.4, 0.5) is 0 Å². The zero-order valence-electron chi connectivity index (χ0n) is 11.8. The summed E-state index contributed by atoms with van der Waals surface area (Å²) < 4.78 is 5.76. The van der Waals surface area contributed by atoms with Gasteiger partial charge in [0.15, 0.2) is 0 Å². The standard InChI is InChI=1S/C16H19N3O2/c17-16(20)13-9-15(19-14-7-2-1-6-12(13)14)21-10-11-5-3-4-8-18-11/h1-2,6-7,9,11,18H,3-5,8,10H2,(H2,17,20). The number of pyridine rings is 1. The van der Waals surface area contributed by atoms with E-state index in [2.05, 4.69) is 10.3 Å². The number of para-hydroxylation sites is 1. The Morgan fingerprint density at radius 1 is 1.38 bits per heavy atom. The minimum Gasteiger partial charge on any atom is -0.476 e. The third kappa shape index (κ3) is 3.13. The molecule has 0 spiro atoms. The molecule has 3 rings (SSSR count). The fourth-order valence-corrected chi connectivity index (χ4v) is 2.68. The van der Waals surface area contributed by atoms with Gasteiger partial charge in [-0.1, -0.05) is 24.6 Å². The molecule has 1 unspecified atom stereocenters. The number of amides is 1. The van der Waals surface area contributed by atoms with Gasteiger partial charge in [-0.3, -0.25) is 4.79 Å². The first-order valence-electron chi connectivity index (χ1n) is 7.30. The van der Waals surface area contributed by atoms with Crippen LogP contribution in [0, 0.1) is 0 Å². The number of rotatable bonds is 4. The highest BCUT2D eigenvalue weighted by Crippen LogP contribution is 2.22. The van der Waals surface area contributed by atoms with Crippen LogP contribution in [-0.2, 0) is 0 Å². The van der Waals surface area contributed by atoms with Gasteiger partial charge in [-0.15, -0.1) is 0 Å². The smallest absolute Gasteiger partial charge is 0.249 e. The monoisotopic (exact) mass is 285 g/mol. The first-order chi connectivity index (χ1) is 10.2. The third-order valence-corrected chi connectivity index (χ3v) is 3.80. The van der Waals surface area contributed by atoms with E-state index >= 15 is 0 Å². The summed E-state index contributed by atoms with van der Waals surface area (Å²) in [5.41, 5.74) is 6.63. The fraction of sp³-hybridized carbons (Fsp3) is 0.375. The van der Waals surface area contributed by atoms with E-state index in [1.165, 1.54) is 12.8 Å². The minimum absolute atomic E-state index is 0.351. The number of fused-ring (bicyclic) bond motifs is 1. The van der Waals surface area contributed by atoms with E-state index in [4.69, 9.17) is 10.5 Å². The van der Waals surface area contributed by atoms with Crippen molar-refractivity contribution in [2.75, 3.05) is 13.2 Å². The quantitative estimate of drug-likeness (QED) is 0.899. The summed E-state index contributed by atoms with van der Waals surface area (Å²) in [5.74, 6) is -0.0101. The average molecular weight is 285 g/mol. The lowest BCUT2D eigenvalue weighted by Gasteiger charge is -2.23. The van der Waals surface area contributed by atoms with E-state index in [1.54, 1.807) is 6.07 Å². The van der Waals surface area contributed by atoms with Gasteiger partial charge in [0.2, 0.25) is 11.8 Å². The predicted octanol–water partition coefficient (Wildman–Crippen LogP) is 1.85. The van der Waals surface area contributed by atoms with Crippen LogP contribution in [0.2, 0.25) is 0 Å². The molecule has 0 bridgehead atoms. The van der Waals surface area contributed by atoms with Gasteiger partial charge < -0.3 is 15.8 Å². The number of nitrogens with one attached hydrogen (secondary N) is 1. The zero-order valence-corrected chi connectivity index (χ0v) is 11.8. The van der Waals surface area contributed by atoms with Gasteiger partial charge in [0, 0.05) is 17.5 Å². The number of benzene rings is 1. The van der Waals surface area contributed by atoms with Crippen molar-refractivity contribution >= 4 is 16.8 Å². The van der Waals surface area contributed by atoms with Crippen LogP contribution < -0.4 is 15.8 Å². The summed E-state index contributed by atoms with van der Waals surface area (Å²) in [5, 5.41) is 4.18. The van der Waals surface area contributed by atoms with E-state index in [0.29, 0.717) is 24.1 Å². The average Bonchev–Trinajstić information content (AvgIpc) is 2.53. The van der Waals surface area contributed by atoms with Gasteiger partial charge in [0.25, 0.3) is 0 Å². The topological polar surface area (TPSA) is 77.2 Å². The van der Waals surface area contributed by atoms with Gasteiger partial charge in [-0.2, -0.15) is 0 Å². The molecule has 110 valence electrons. The van der Waals surface area contributed by atoms with E-state index in [1.807, 2.05) is 24.3 Å². The molecule has 5 nitrogen and oxygen atoms in total. The Kier molecular flexibility index (Phi) is 4.01. The van der Waals surface area contributed by atoms with Crippen molar-refractivity contribution in [3.05, 3.63) is 35.9 Å². The van der Waals surface area contributed by atoms with Crippen molar-refractivity contribution in [2.45, 2.75) is 25.3 Å². The minimum atomic E-state index is -0.464. The van der Waals surface area contributed by atoms with Gasteiger partial charge in [0.05, 0.1) is 11.1 Å². The van der Waals surface area contributed by atoms with Crippen LogP contribution in [0.3, 0.4) is 0 Å². The van der Waals surface area contributed by atoms with Crippen LogP contribution in [-0.4, -0.2) is 30.1 Å². The number of aromatic nitrogens is 1. The molecule has 1 aliphatic heterocycles.